The first-order chi connectivity index (χ1) is 19.0. The van der Waals surface area contributed by atoms with Gasteiger partial charge < -0.3 is 29.5 Å². The normalized spacial score (nSPS) is 19.5. The molecule has 3 aromatic carbocycles. The van der Waals surface area contributed by atoms with Crippen LogP contribution in [0.3, 0.4) is 0 Å². The van der Waals surface area contributed by atoms with E-state index in [0.29, 0.717) is 30.6 Å². The van der Waals surface area contributed by atoms with Crippen LogP contribution in [0, 0.1) is 5.92 Å². The molecule has 0 bridgehead atoms. The minimum Gasteiger partial charge on any atom is -0.491 e. The van der Waals surface area contributed by atoms with Gasteiger partial charge in [-0.25, -0.2) is 0 Å². The van der Waals surface area contributed by atoms with Crippen LogP contribution in [0.1, 0.15) is 37.7 Å². The summed E-state index contributed by atoms with van der Waals surface area (Å²) in [5.74, 6) is 2.61. The summed E-state index contributed by atoms with van der Waals surface area (Å²) in [7, 11) is -3.35. The second-order valence-corrected chi connectivity index (χ2v) is 12.7. The molecule has 1 saturated carbocycles. The molecule has 0 amide bonds. The second kappa shape index (κ2) is 15.1. The lowest BCUT2D eigenvalue weighted by molar-refractivity contribution is 0.106. The van der Waals surface area contributed by atoms with Gasteiger partial charge >= 0.3 is 0 Å². The first-order valence-electron chi connectivity index (χ1n) is 13.8. The molecule has 8 heteroatoms. The number of hydrogen-bond acceptors (Lipinski definition) is 6. The standard InChI is InChI=1S/C31H40NO6P/c33-27(23-37-30-15-13-29(14-16-30)36-22-26-7-3-1-4-8-26)21-32-20-19-25-11-17-31(18-12-25)39(34,35)24-38-28-9-5-2-6-10-28/h1-10,13-16,25,27,31-33H,11-12,17-24H2,(H,34,35)/t25?,27-,31?/m0/s1. The quantitative estimate of drug-likeness (QED) is 0.160. The van der Waals surface area contributed by atoms with E-state index in [4.69, 9.17) is 14.2 Å². The molecule has 0 saturated heterocycles. The van der Waals surface area contributed by atoms with E-state index in [1.807, 2.05) is 72.8 Å². The van der Waals surface area contributed by atoms with Crippen LogP contribution in [0.15, 0.2) is 84.9 Å². The van der Waals surface area contributed by atoms with E-state index in [1.165, 1.54) is 0 Å². The van der Waals surface area contributed by atoms with Gasteiger partial charge in [0.1, 0.15) is 36.6 Å². The zero-order valence-electron chi connectivity index (χ0n) is 22.4. The van der Waals surface area contributed by atoms with Crippen LogP contribution in [-0.2, 0) is 11.2 Å². The number of nitrogens with one attached hydrogen (secondary N) is 1. The largest absolute Gasteiger partial charge is 0.491 e. The summed E-state index contributed by atoms with van der Waals surface area (Å²) in [4.78, 5) is 10.5. The van der Waals surface area contributed by atoms with Gasteiger partial charge in [-0.3, -0.25) is 4.57 Å². The lowest BCUT2D eigenvalue weighted by Gasteiger charge is -2.31. The molecule has 0 aromatic heterocycles. The van der Waals surface area contributed by atoms with Gasteiger partial charge in [-0.05, 0) is 86.5 Å². The topological polar surface area (TPSA) is 97.3 Å². The van der Waals surface area contributed by atoms with Crippen molar-refractivity contribution in [3.63, 3.8) is 0 Å². The van der Waals surface area contributed by atoms with Gasteiger partial charge in [0, 0.05) is 12.2 Å². The van der Waals surface area contributed by atoms with E-state index in [2.05, 4.69) is 5.32 Å². The third kappa shape index (κ3) is 10.0. The predicted molar refractivity (Wildman–Crippen MR) is 154 cm³/mol. The molecule has 0 radical (unpaired) electrons. The molecule has 3 aromatic rings. The van der Waals surface area contributed by atoms with Crippen molar-refractivity contribution in [1.29, 1.82) is 0 Å². The fourth-order valence-electron chi connectivity index (χ4n) is 4.83. The fourth-order valence-corrected chi connectivity index (χ4v) is 6.48. The molecule has 1 fully saturated rings. The highest BCUT2D eigenvalue weighted by Gasteiger charge is 2.35. The number of aliphatic hydroxyl groups is 1. The highest BCUT2D eigenvalue weighted by Crippen LogP contribution is 2.52. The summed E-state index contributed by atoms with van der Waals surface area (Å²) in [6.07, 6.45) is 3.64. The predicted octanol–water partition coefficient (Wildman–Crippen LogP) is 5.85. The van der Waals surface area contributed by atoms with Crippen molar-refractivity contribution in [1.82, 2.24) is 5.32 Å². The Morgan fingerprint density at radius 2 is 1.38 bits per heavy atom. The minimum absolute atomic E-state index is 0.125. The Hall–Kier alpha value is -2.83. The molecule has 4 rings (SSSR count). The molecule has 0 aliphatic heterocycles. The Labute approximate surface area is 231 Å². The maximum atomic E-state index is 12.8. The van der Waals surface area contributed by atoms with Crippen molar-refractivity contribution in [2.75, 3.05) is 26.0 Å². The smallest absolute Gasteiger partial charge is 0.239 e. The van der Waals surface area contributed by atoms with Crippen molar-refractivity contribution in [3.8, 4) is 17.2 Å². The Kier molecular flexibility index (Phi) is 11.3. The number of para-hydroxylation sites is 1. The van der Waals surface area contributed by atoms with Gasteiger partial charge in [-0.15, -0.1) is 0 Å². The lowest BCUT2D eigenvalue weighted by Crippen LogP contribution is -2.33. The van der Waals surface area contributed by atoms with Crippen LogP contribution >= 0.6 is 7.37 Å². The van der Waals surface area contributed by atoms with E-state index in [0.717, 1.165) is 50.0 Å². The number of ether oxygens (including phenoxy) is 3. The zero-order chi connectivity index (χ0) is 27.3. The van der Waals surface area contributed by atoms with E-state index < -0.39 is 13.5 Å². The van der Waals surface area contributed by atoms with Crippen molar-refractivity contribution in [2.24, 2.45) is 5.92 Å². The number of hydrogen-bond donors (Lipinski definition) is 3. The van der Waals surface area contributed by atoms with E-state index in [1.54, 1.807) is 12.1 Å². The van der Waals surface area contributed by atoms with E-state index in [9.17, 15) is 14.6 Å². The Morgan fingerprint density at radius 3 is 2.05 bits per heavy atom. The van der Waals surface area contributed by atoms with Crippen LogP contribution in [-0.4, -0.2) is 47.8 Å². The van der Waals surface area contributed by atoms with Crippen LogP contribution in [0.2, 0.25) is 0 Å². The molecule has 1 unspecified atom stereocenters. The van der Waals surface area contributed by atoms with Crippen molar-refractivity contribution in [3.05, 3.63) is 90.5 Å². The summed E-state index contributed by atoms with van der Waals surface area (Å²) in [5, 5.41) is 13.6. The third-order valence-electron chi connectivity index (χ3n) is 7.17. The first-order valence-corrected chi connectivity index (χ1v) is 15.7. The summed E-state index contributed by atoms with van der Waals surface area (Å²) in [5.41, 5.74) is 0.927. The van der Waals surface area contributed by atoms with Gasteiger partial charge in [-0.2, -0.15) is 0 Å². The average molecular weight is 554 g/mol. The highest BCUT2D eigenvalue weighted by atomic mass is 31.2. The third-order valence-corrected chi connectivity index (χ3v) is 9.33. The molecule has 0 heterocycles. The van der Waals surface area contributed by atoms with E-state index >= 15 is 0 Å². The number of aliphatic hydroxyl groups excluding tert-OH is 1. The fraction of sp³-hybridized carbons (Fsp3) is 0.419. The summed E-state index contributed by atoms with van der Waals surface area (Å²) in [6, 6.07) is 26.6. The van der Waals surface area contributed by atoms with E-state index in [-0.39, 0.29) is 18.6 Å². The Balaban J connectivity index is 1.05. The molecular weight excluding hydrogens is 513 g/mol. The van der Waals surface area contributed by atoms with Crippen molar-refractivity contribution in [2.45, 2.75) is 50.5 Å². The molecule has 1 aliphatic rings. The molecule has 1 aliphatic carbocycles. The second-order valence-electron chi connectivity index (χ2n) is 10.2. The maximum absolute atomic E-state index is 12.8. The van der Waals surface area contributed by atoms with Crippen molar-refractivity contribution < 1.29 is 28.8 Å². The summed E-state index contributed by atoms with van der Waals surface area (Å²) < 4.78 is 29.9. The number of benzene rings is 3. The minimum atomic E-state index is -3.35. The van der Waals surface area contributed by atoms with Crippen LogP contribution in [0.4, 0.5) is 0 Å². The van der Waals surface area contributed by atoms with Crippen LogP contribution < -0.4 is 19.5 Å². The average Bonchev–Trinajstić information content (AvgIpc) is 2.98. The molecular formula is C31H40NO6P. The van der Waals surface area contributed by atoms with Gasteiger partial charge in [0.25, 0.3) is 0 Å². The summed E-state index contributed by atoms with van der Waals surface area (Å²) >= 11 is 0. The summed E-state index contributed by atoms with van der Waals surface area (Å²) in [6.45, 7) is 1.97. The van der Waals surface area contributed by atoms with Gasteiger partial charge in [0.05, 0.1) is 0 Å². The van der Waals surface area contributed by atoms with Gasteiger partial charge in [0.2, 0.25) is 7.37 Å². The molecule has 210 valence electrons. The monoisotopic (exact) mass is 553 g/mol. The molecule has 7 nitrogen and oxygen atoms in total. The molecule has 2 atom stereocenters. The van der Waals surface area contributed by atoms with Crippen LogP contribution in [0.5, 0.6) is 17.2 Å². The molecule has 0 spiro atoms. The maximum Gasteiger partial charge on any atom is 0.239 e. The SMILES string of the molecule is O=P(O)(COc1ccccc1)C1CCC(CCNC[C@H](O)COc2ccc(OCc3ccccc3)cc2)CC1. The molecule has 3 N–H and O–H groups in total. The zero-order valence-corrected chi connectivity index (χ0v) is 23.3. The Bertz CT molecular complexity index is 1140. The van der Waals surface area contributed by atoms with Gasteiger partial charge in [-0.1, -0.05) is 48.5 Å². The first kappa shape index (κ1) is 29.2. The molecule has 39 heavy (non-hydrogen) atoms. The van der Waals surface area contributed by atoms with Crippen LogP contribution in [0.25, 0.3) is 0 Å². The lowest BCUT2D eigenvalue weighted by atomic mass is 9.86. The van der Waals surface area contributed by atoms with Crippen molar-refractivity contribution >= 4 is 7.37 Å². The number of rotatable bonds is 15. The Morgan fingerprint density at radius 1 is 0.795 bits per heavy atom. The van der Waals surface area contributed by atoms with Gasteiger partial charge in [0.15, 0.2) is 6.35 Å². The highest BCUT2D eigenvalue weighted by molar-refractivity contribution is 7.58.